The lowest BCUT2D eigenvalue weighted by molar-refractivity contribution is 0.178. The Kier molecular flexibility index (Phi) is 4.15. The summed E-state index contributed by atoms with van der Waals surface area (Å²) in [6, 6.07) is 0. The van der Waals surface area contributed by atoms with Gasteiger partial charge in [-0.05, 0) is 38.9 Å². The Hall–Kier alpha value is 0.250. The predicted molar refractivity (Wildman–Crippen MR) is 45.6 cm³/mol. The second-order valence-electron chi connectivity index (χ2n) is 2.94. The van der Waals surface area contributed by atoms with Crippen molar-refractivity contribution >= 4 is 11.6 Å². The first kappa shape index (κ1) is 8.35. The fourth-order valence-electron chi connectivity index (χ4n) is 1.21. The van der Waals surface area contributed by atoms with Crippen LogP contribution in [0.5, 0.6) is 0 Å². The van der Waals surface area contributed by atoms with Gasteiger partial charge in [0.2, 0.25) is 0 Å². The van der Waals surface area contributed by atoms with Crippen LogP contribution < -0.4 is 0 Å². The maximum absolute atomic E-state index is 5.55. The van der Waals surface area contributed by atoms with Crippen molar-refractivity contribution in [2.45, 2.75) is 25.7 Å². The molecule has 0 radical (unpaired) electrons. The van der Waals surface area contributed by atoms with Crippen molar-refractivity contribution in [3.63, 3.8) is 0 Å². The van der Waals surface area contributed by atoms with E-state index in [9.17, 15) is 0 Å². The van der Waals surface area contributed by atoms with Crippen molar-refractivity contribution in [1.82, 2.24) is 4.90 Å². The minimum atomic E-state index is 0.833. The fraction of sp³-hybridized carbons (Fsp3) is 1.00. The topological polar surface area (TPSA) is 3.24 Å². The third-order valence-electron chi connectivity index (χ3n) is 2.06. The van der Waals surface area contributed by atoms with Gasteiger partial charge in [0.1, 0.15) is 0 Å². The van der Waals surface area contributed by atoms with Crippen molar-refractivity contribution in [1.29, 1.82) is 0 Å². The Balaban J connectivity index is 1.76. The highest BCUT2D eigenvalue weighted by molar-refractivity contribution is 6.17. The van der Waals surface area contributed by atoms with E-state index >= 15 is 0 Å². The molecule has 10 heavy (non-hydrogen) atoms. The van der Waals surface area contributed by atoms with E-state index in [4.69, 9.17) is 11.6 Å². The van der Waals surface area contributed by atoms with Crippen LogP contribution in [0.3, 0.4) is 0 Å². The molecule has 0 bridgehead atoms. The minimum absolute atomic E-state index is 0.833. The van der Waals surface area contributed by atoms with Crippen LogP contribution in [0.2, 0.25) is 0 Å². The second-order valence-corrected chi connectivity index (χ2v) is 3.32. The van der Waals surface area contributed by atoms with Crippen molar-refractivity contribution < 1.29 is 0 Å². The summed E-state index contributed by atoms with van der Waals surface area (Å²) >= 11 is 5.55. The first-order chi connectivity index (χ1) is 4.93. The van der Waals surface area contributed by atoms with Gasteiger partial charge in [-0.2, -0.15) is 0 Å². The Bertz CT molecular complexity index is 81.3. The molecule has 1 heterocycles. The minimum Gasteiger partial charge on any atom is -0.303 e. The largest absolute Gasteiger partial charge is 0.303 e. The second kappa shape index (κ2) is 4.97. The Morgan fingerprint density at radius 3 is 2.40 bits per heavy atom. The standard InChI is InChI=1S/C8H16ClN/c9-5-2-1-3-6-10-7-4-8-10/h1-8H2. The summed E-state index contributed by atoms with van der Waals surface area (Å²) in [5.41, 5.74) is 0. The van der Waals surface area contributed by atoms with E-state index in [1.807, 2.05) is 0 Å². The van der Waals surface area contributed by atoms with Crippen molar-refractivity contribution in [3.8, 4) is 0 Å². The molecule has 1 aliphatic rings. The number of unbranched alkanes of at least 4 members (excludes halogenated alkanes) is 2. The summed E-state index contributed by atoms with van der Waals surface area (Å²) in [7, 11) is 0. The van der Waals surface area contributed by atoms with Crippen LogP contribution >= 0.6 is 11.6 Å². The van der Waals surface area contributed by atoms with Gasteiger partial charge in [0, 0.05) is 5.88 Å². The smallest absolute Gasteiger partial charge is 0.0223 e. The van der Waals surface area contributed by atoms with Crippen LogP contribution in [0.25, 0.3) is 0 Å². The molecule has 1 aliphatic heterocycles. The van der Waals surface area contributed by atoms with Crippen LogP contribution in [0.4, 0.5) is 0 Å². The van der Waals surface area contributed by atoms with Gasteiger partial charge in [-0.25, -0.2) is 0 Å². The van der Waals surface area contributed by atoms with Gasteiger partial charge >= 0.3 is 0 Å². The van der Waals surface area contributed by atoms with Gasteiger partial charge in [0.05, 0.1) is 0 Å². The van der Waals surface area contributed by atoms with E-state index in [0.29, 0.717) is 0 Å². The summed E-state index contributed by atoms with van der Waals surface area (Å²) in [5.74, 6) is 0.833. The molecule has 0 aliphatic carbocycles. The predicted octanol–water partition coefficient (Wildman–Crippen LogP) is 2.10. The van der Waals surface area contributed by atoms with E-state index < -0.39 is 0 Å². The van der Waals surface area contributed by atoms with Crippen molar-refractivity contribution in [2.24, 2.45) is 0 Å². The molecule has 1 saturated heterocycles. The average Bonchev–Trinajstić information content (AvgIpc) is 1.84. The highest BCUT2D eigenvalue weighted by atomic mass is 35.5. The molecule has 0 N–H and O–H groups in total. The number of rotatable bonds is 5. The maximum atomic E-state index is 5.55. The third-order valence-corrected chi connectivity index (χ3v) is 2.32. The lowest BCUT2D eigenvalue weighted by Crippen LogP contribution is -2.37. The van der Waals surface area contributed by atoms with Crippen molar-refractivity contribution in [3.05, 3.63) is 0 Å². The molecule has 0 spiro atoms. The lowest BCUT2D eigenvalue weighted by Gasteiger charge is -2.30. The normalized spacial score (nSPS) is 18.9. The zero-order chi connectivity index (χ0) is 7.23. The molecule has 0 saturated carbocycles. The van der Waals surface area contributed by atoms with E-state index in [-0.39, 0.29) is 0 Å². The zero-order valence-corrected chi connectivity index (χ0v) is 7.24. The number of halogens is 1. The highest BCUT2D eigenvalue weighted by Gasteiger charge is 2.11. The summed E-state index contributed by atoms with van der Waals surface area (Å²) in [5, 5.41) is 0. The van der Waals surface area contributed by atoms with Gasteiger partial charge in [-0.1, -0.05) is 6.42 Å². The number of likely N-dealkylation sites (tertiary alicyclic amines) is 1. The maximum Gasteiger partial charge on any atom is 0.0223 e. The molecule has 1 rings (SSSR count). The monoisotopic (exact) mass is 161 g/mol. The molecule has 0 aromatic rings. The fourth-order valence-corrected chi connectivity index (χ4v) is 1.40. The molecule has 0 unspecified atom stereocenters. The van der Waals surface area contributed by atoms with Crippen LogP contribution in [0.15, 0.2) is 0 Å². The molecule has 1 nitrogen and oxygen atoms in total. The van der Waals surface area contributed by atoms with Gasteiger partial charge in [0.15, 0.2) is 0 Å². The van der Waals surface area contributed by atoms with Gasteiger partial charge in [-0.15, -0.1) is 11.6 Å². The molecule has 0 amide bonds. The van der Waals surface area contributed by atoms with Gasteiger partial charge in [-0.3, -0.25) is 0 Å². The summed E-state index contributed by atoms with van der Waals surface area (Å²) in [6.45, 7) is 3.97. The first-order valence-corrected chi connectivity index (χ1v) is 4.75. The summed E-state index contributed by atoms with van der Waals surface area (Å²) in [4.78, 5) is 2.51. The van der Waals surface area contributed by atoms with Crippen molar-refractivity contribution in [2.75, 3.05) is 25.5 Å². The molecule has 0 atom stereocenters. The number of nitrogens with zero attached hydrogens (tertiary/aromatic N) is 1. The van der Waals surface area contributed by atoms with Crippen LogP contribution in [0, 0.1) is 0 Å². The number of alkyl halides is 1. The molecule has 0 aromatic heterocycles. The van der Waals surface area contributed by atoms with Crippen LogP contribution in [0.1, 0.15) is 25.7 Å². The molecular formula is C8H16ClN. The van der Waals surface area contributed by atoms with E-state index in [2.05, 4.69) is 4.90 Å². The number of hydrogen-bond acceptors (Lipinski definition) is 1. The lowest BCUT2D eigenvalue weighted by atomic mass is 10.2. The van der Waals surface area contributed by atoms with Gasteiger partial charge < -0.3 is 4.90 Å². The van der Waals surface area contributed by atoms with Crippen LogP contribution in [-0.2, 0) is 0 Å². The molecule has 0 aromatic carbocycles. The van der Waals surface area contributed by atoms with E-state index in [0.717, 1.165) is 5.88 Å². The summed E-state index contributed by atoms with van der Waals surface area (Å²) < 4.78 is 0. The SMILES string of the molecule is ClCCCCCN1CCC1. The van der Waals surface area contributed by atoms with E-state index in [1.165, 1.54) is 45.3 Å². The van der Waals surface area contributed by atoms with Crippen LogP contribution in [-0.4, -0.2) is 30.4 Å². The number of hydrogen-bond donors (Lipinski definition) is 0. The Labute approximate surface area is 68.4 Å². The molecule has 60 valence electrons. The molecule has 2 heteroatoms. The Morgan fingerprint density at radius 1 is 1.10 bits per heavy atom. The molecule has 1 fully saturated rings. The molecular weight excluding hydrogens is 146 g/mol. The van der Waals surface area contributed by atoms with E-state index in [1.54, 1.807) is 0 Å². The highest BCUT2D eigenvalue weighted by Crippen LogP contribution is 2.07. The first-order valence-electron chi connectivity index (χ1n) is 4.22. The Morgan fingerprint density at radius 2 is 1.90 bits per heavy atom. The summed E-state index contributed by atoms with van der Waals surface area (Å²) in [6.07, 6.45) is 5.25. The zero-order valence-electron chi connectivity index (χ0n) is 6.48. The quantitative estimate of drug-likeness (QED) is 0.441. The third kappa shape index (κ3) is 2.89. The van der Waals surface area contributed by atoms with Gasteiger partial charge in [0.25, 0.3) is 0 Å². The average molecular weight is 162 g/mol.